The molecule has 3 aromatic rings. The average molecular weight is 390 g/mol. The van der Waals surface area contributed by atoms with Gasteiger partial charge in [0.25, 0.3) is 10.0 Å². The Bertz CT molecular complexity index is 1110. The summed E-state index contributed by atoms with van der Waals surface area (Å²) >= 11 is 1.23. The van der Waals surface area contributed by atoms with Crippen molar-refractivity contribution in [1.29, 1.82) is 0 Å². The quantitative estimate of drug-likeness (QED) is 0.606. The molecule has 0 radical (unpaired) electrons. The number of methoxy groups -OCH3 is 2. The van der Waals surface area contributed by atoms with E-state index in [4.69, 9.17) is 9.47 Å². The first-order valence-corrected chi connectivity index (χ1v) is 9.98. The monoisotopic (exact) mass is 390 g/mol. The Labute approximate surface area is 155 Å². The predicted octanol–water partition coefficient (Wildman–Crippen LogP) is 3.20. The second kappa shape index (κ2) is 7.35. The number of sulfonamides is 1. The van der Waals surface area contributed by atoms with Crippen LogP contribution in [0.2, 0.25) is 0 Å². The second-order valence-corrected chi connectivity index (χ2v) is 7.89. The van der Waals surface area contributed by atoms with Crippen molar-refractivity contribution in [3.05, 3.63) is 59.9 Å². The van der Waals surface area contributed by atoms with Crippen LogP contribution in [0.25, 0.3) is 10.2 Å². The van der Waals surface area contributed by atoms with Crippen LogP contribution < -0.4 is 14.3 Å². The first-order valence-electron chi connectivity index (χ1n) is 7.73. The smallest absolute Gasteiger partial charge is 0.285 e. The summed E-state index contributed by atoms with van der Waals surface area (Å²) in [6, 6.07) is 11.7. The highest BCUT2D eigenvalue weighted by Gasteiger charge is 2.18. The fourth-order valence-electron chi connectivity index (χ4n) is 2.57. The molecule has 136 valence electrons. The van der Waals surface area contributed by atoms with Crippen molar-refractivity contribution in [2.75, 3.05) is 14.2 Å². The Morgan fingerprint density at radius 2 is 1.77 bits per heavy atom. The van der Waals surface area contributed by atoms with E-state index in [1.165, 1.54) is 23.5 Å². The fraction of sp³-hybridized carbons (Fsp3) is 0.167. The van der Waals surface area contributed by atoms with Crippen molar-refractivity contribution in [1.82, 2.24) is 4.57 Å². The maximum Gasteiger partial charge on any atom is 0.285 e. The second-order valence-electron chi connectivity index (χ2n) is 5.31. The van der Waals surface area contributed by atoms with Gasteiger partial charge in [-0.3, -0.25) is 0 Å². The normalized spacial score (nSPS) is 12.3. The molecule has 2 aromatic carbocycles. The third-order valence-electron chi connectivity index (χ3n) is 3.74. The van der Waals surface area contributed by atoms with Gasteiger partial charge in [-0.25, -0.2) is 0 Å². The zero-order valence-electron chi connectivity index (χ0n) is 14.4. The van der Waals surface area contributed by atoms with E-state index in [1.807, 2.05) is 0 Å². The molecule has 0 aliphatic heterocycles. The van der Waals surface area contributed by atoms with Gasteiger partial charge in [-0.1, -0.05) is 35.6 Å². The number of rotatable bonds is 6. The highest BCUT2D eigenvalue weighted by molar-refractivity contribution is 7.90. The molecule has 8 heteroatoms. The van der Waals surface area contributed by atoms with E-state index in [9.17, 15) is 8.42 Å². The lowest BCUT2D eigenvalue weighted by Gasteiger charge is -2.08. The number of hydrogen-bond donors (Lipinski definition) is 0. The van der Waals surface area contributed by atoms with Crippen LogP contribution in [0.3, 0.4) is 0 Å². The number of hydrogen-bond acceptors (Lipinski definition) is 5. The number of aromatic nitrogens is 1. The number of nitrogens with zero attached hydrogens (tertiary/aromatic N) is 2. The molecule has 0 unspecified atom stereocenters. The third kappa shape index (κ3) is 3.25. The molecule has 0 saturated heterocycles. The lowest BCUT2D eigenvalue weighted by atomic mass is 10.3. The predicted molar refractivity (Wildman–Crippen MR) is 102 cm³/mol. The molecule has 0 aliphatic carbocycles. The van der Waals surface area contributed by atoms with E-state index in [1.54, 1.807) is 55.2 Å². The molecule has 0 atom stereocenters. The Morgan fingerprint density at radius 1 is 1.12 bits per heavy atom. The molecule has 26 heavy (non-hydrogen) atoms. The van der Waals surface area contributed by atoms with Crippen LogP contribution in [0, 0.1) is 0 Å². The largest absolute Gasteiger partial charge is 0.495 e. The number of thiazole rings is 1. The lowest BCUT2D eigenvalue weighted by Crippen LogP contribution is -2.16. The number of ether oxygens (including phenoxy) is 2. The van der Waals surface area contributed by atoms with Crippen molar-refractivity contribution < 1.29 is 17.9 Å². The fourth-order valence-corrected chi connectivity index (χ4v) is 4.94. The van der Waals surface area contributed by atoms with Gasteiger partial charge in [0.2, 0.25) is 4.80 Å². The number of benzene rings is 2. The van der Waals surface area contributed by atoms with Gasteiger partial charge in [-0.2, -0.15) is 8.42 Å². The van der Waals surface area contributed by atoms with E-state index < -0.39 is 10.0 Å². The maximum absolute atomic E-state index is 12.7. The van der Waals surface area contributed by atoms with E-state index in [2.05, 4.69) is 11.0 Å². The molecule has 0 spiro atoms. The van der Waals surface area contributed by atoms with Gasteiger partial charge in [0.15, 0.2) is 0 Å². The van der Waals surface area contributed by atoms with E-state index in [0.29, 0.717) is 22.8 Å². The minimum absolute atomic E-state index is 0.140. The lowest BCUT2D eigenvalue weighted by molar-refractivity contribution is 0.409. The summed E-state index contributed by atoms with van der Waals surface area (Å²) in [6.07, 6.45) is 1.68. The zero-order chi connectivity index (χ0) is 18.7. The van der Waals surface area contributed by atoms with Crippen LogP contribution >= 0.6 is 11.3 Å². The average Bonchev–Trinajstić information content (AvgIpc) is 3.00. The summed E-state index contributed by atoms with van der Waals surface area (Å²) in [6.45, 7) is 4.14. The Hall–Kier alpha value is -2.58. The maximum atomic E-state index is 12.7. The SMILES string of the molecule is C=CCn1/c(=N/S(=O)(=O)c2ccccc2)sc2c(OC)ccc(OC)c21. The molecule has 1 aromatic heterocycles. The third-order valence-corrected chi connectivity index (χ3v) is 6.23. The standard InChI is InChI=1S/C18H18N2O4S2/c1-4-12-20-16-14(23-2)10-11-15(24-3)17(16)25-18(20)19-26(21,22)13-8-6-5-7-9-13/h4-11H,1,12H2,2-3H3/b19-18-. The summed E-state index contributed by atoms with van der Waals surface area (Å²) in [7, 11) is -0.712. The zero-order valence-corrected chi connectivity index (χ0v) is 16.0. The first kappa shape index (κ1) is 18.2. The van der Waals surface area contributed by atoms with Crippen LogP contribution in [0.5, 0.6) is 11.5 Å². The van der Waals surface area contributed by atoms with Crippen LogP contribution in [0.1, 0.15) is 0 Å². The minimum atomic E-state index is -3.84. The van der Waals surface area contributed by atoms with Crippen molar-refractivity contribution in [3.63, 3.8) is 0 Å². The first-order chi connectivity index (χ1) is 12.5. The van der Waals surface area contributed by atoms with Crippen LogP contribution in [-0.2, 0) is 16.6 Å². The molecular formula is C18H18N2O4S2. The van der Waals surface area contributed by atoms with Crippen molar-refractivity contribution in [3.8, 4) is 11.5 Å². The molecule has 0 fully saturated rings. The molecule has 0 amide bonds. The molecule has 0 saturated carbocycles. The van der Waals surface area contributed by atoms with Crippen molar-refractivity contribution >= 4 is 31.6 Å². The Morgan fingerprint density at radius 3 is 2.38 bits per heavy atom. The number of allylic oxidation sites excluding steroid dienone is 1. The number of fused-ring (bicyclic) bond motifs is 1. The van der Waals surface area contributed by atoms with E-state index >= 15 is 0 Å². The molecule has 3 rings (SSSR count). The van der Waals surface area contributed by atoms with E-state index in [-0.39, 0.29) is 4.90 Å². The minimum Gasteiger partial charge on any atom is -0.495 e. The molecule has 0 N–H and O–H groups in total. The Kier molecular flexibility index (Phi) is 5.15. The van der Waals surface area contributed by atoms with Crippen LogP contribution in [0.4, 0.5) is 0 Å². The van der Waals surface area contributed by atoms with E-state index in [0.717, 1.165) is 10.2 Å². The highest BCUT2D eigenvalue weighted by Crippen LogP contribution is 2.35. The molecular weight excluding hydrogens is 372 g/mol. The summed E-state index contributed by atoms with van der Waals surface area (Å²) in [4.78, 5) is 0.466. The molecule has 0 aliphatic rings. The van der Waals surface area contributed by atoms with Gasteiger partial charge >= 0.3 is 0 Å². The van der Waals surface area contributed by atoms with Gasteiger partial charge in [0.05, 0.1) is 19.1 Å². The highest BCUT2D eigenvalue weighted by atomic mass is 32.2. The summed E-state index contributed by atoms with van der Waals surface area (Å²) in [5, 5.41) is 0. The van der Waals surface area contributed by atoms with Gasteiger partial charge in [0.1, 0.15) is 21.7 Å². The molecule has 0 bridgehead atoms. The molecule has 6 nitrogen and oxygen atoms in total. The van der Waals surface area contributed by atoms with Crippen LogP contribution in [-0.4, -0.2) is 27.2 Å². The van der Waals surface area contributed by atoms with Crippen molar-refractivity contribution in [2.24, 2.45) is 4.40 Å². The summed E-state index contributed by atoms with van der Waals surface area (Å²) in [5.41, 5.74) is 0.721. The van der Waals surface area contributed by atoms with Crippen LogP contribution in [0.15, 0.2) is 64.4 Å². The molecule has 1 heterocycles. The Balaban J connectivity index is 2.36. The summed E-state index contributed by atoms with van der Waals surface area (Å²) < 4.78 is 42.8. The topological polar surface area (TPSA) is 69.9 Å². The van der Waals surface area contributed by atoms with Crippen molar-refractivity contribution in [2.45, 2.75) is 11.4 Å². The van der Waals surface area contributed by atoms with Gasteiger partial charge < -0.3 is 14.0 Å². The van der Waals surface area contributed by atoms with Gasteiger partial charge in [-0.15, -0.1) is 11.0 Å². The van der Waals surface area contributed by atoms with Gasteiger partial charge in [-0.05, 0) is 24.3 Å². The van der Waals surface area contributed by atoms with Gasteiger partial charge in [0, 0.05) is 6.54 Å². The summed E-state index contributed by atoms with van der Waals surface area (Å²) in [5.74, 6) is 1.24.